The Morgan fingerprint density at radius 2 is 1.61 bits per heavy atom. The lowest BCUT2D eigenvalue weighted by molar-refractivity contribution is -0.578. The lowest BCUT2D eigenvalue weighted by Gasteiger charge is -2.00. The van der Waals surface area contributed by atoms with Crippen molar-refractivity contribution >= 4 is 11.9 Å². The van der Waals surface area contributed by atoms with Crippen molar-refractivity contribution in [2.24, 2.45) is 0 Å². The zero-order valence-electron chi connectivity index (χ0n) is 9.09. The quantitative estimate of drug-likeness (QED) is 0.309. The number of nitrogens with zero attached hydrogens (tertiary/aromatic N) is 1. The summed E-state index contributed by atoms with van der Waals surface area (Å²) in [5.74, 6) is -2.62. The van der Waals surface area contributed by atoms with Crippen molar-refractivity contribution < 1.29 is 29.8 Å². The predicted octanol–water partition coefficient (Wildman–Crippen LogP) is 0.500. The number of carbonyl (C=O) groups is 2. The molecule has 0 radical (unpaired) electrons. The molecule has 1 unspecified atom stereocenters. The predicted molar refractivity (Wildman–Crippen MR) is 58.3 cm³/mol. The van der Waals surface area contributed by atoms with E-state index in [2.05, 4.69) is 0 Å². The molecule has 0 fully saturated rings. The van der Waals surface area contributed by atoms with E-state index >= 15 is 0 Å². The van der Waals surface area contributed by atoms with E-state index in [1.807, 2.05) is 0 Å². The van der Waals surface area contributed by atoms with Gasteiger partial charge in [-0.1, -0.05) is 18.2 Å². The molecule has 8 nitrogen and oxygen atoms in total. The lowest BCUT2D eigenvalue weighted by Crippen LogP contribution is -2.08. The fourth-order valence-corrected chi connectivity index (χ4v) is 0.876. The van der Waals surface area contributed by atoms with Gasteiger partial charge in [-0.3, -0.25) is 19.7 Å². The highest BCUT2D eigenvalue weighted by molar-refractivity contribution is 5.88. The highest BCUT2D eigenvalue weighted by atomic mass is 16.7. The Kier molecular flexibility index (Phi) is 6.67. The number of aliphatic hydroxyl groups is 1. The summed E-state index contributed by atoms with van der Waals surface area (Å²) in [7, 11) is 0. The van der Waals surface area contributed by atoms with Crippen LogP contribution in [0.15, 0.2) is 30.3 Å². The van der Waals surface area contributed by atoms with Crippen LogP contribution in [0.2, 0.25) is 0 Å². The van der Waals surface area contributed by atoms with Crippen LogP contribution >= 0.6 is 0 Å². The third-order valence-electron chi connectivity index (χ3n) is 1.60. The summed E-state index contributed by atoms with van der Waals surface area (Å²) >= 11 is 0. The second-order valence-corrected chi connectivity index (χ2v) is 3.03. The van der Waals surface area contributed by atoms with Gasteiger partial charge in [-0.25, -0.2) is 0 Å². The van der Waals surface area contributed by atoms with Gasteiger partial charge in [-0.2, -0.15) is 0 Å². The number of nitro groups is 1. The summed E-state index contributed by atoms with van der Waals surface area (Å²) in [5, 5.41) is 34.4. The highest BCUT2D eigenvalue weighted by Crippen LogP contribution is 2.11. The van der Waals surface area contributed by atoms with Gasteiger partial charge in [0, 0.05) is 0 Å². The second-order valence-electron chi connectivity index (χ2n) is 3.03. The SMILES string of the molecule is O=C(O)CC(=O)O.O=[N+]([O-])C(O)c1ccccc1. The molecule has 1 atom stereocenters. The number of hydrogen-bond acceptors (Lipinski definition) is 5. The number of aliphatic carboxylic acids is 2. The normalized spacial score (nSPS) is 10.7. The van der Waals surface area contributed by atoms with Crippen molar-refractivity contribution in [2.75, 3.05) is 0 Å². The molecule has 0 aromatic heterocycles. The smallest absolute Gasteiger partial charge is 0.339 e. The lowest BCUT2D eigenvalue weighted by atomic mass is 10.2. The van der Waals surface area contributed by atoms with Crippen molar-refractivity contribution in [3.8, 4) is 0 Å². The van der Waals surface area contributed by atoms with Crippen LogP contribution in [0.4, 0.5) is 0 Å². The van der Waals surface area contributed by atoms with Crippen molar-refractivity contribution in [2.45, 2.75) is 12.6 Å². The van der Waals surface area contributed by atoms with Gasteiger partial charge < -0.3 is 15.3 Å². The molecular formula is C10H11NO7. The van der Waals surface area contributed by atoms with Crippen molar-refractivity contribution in [1.29, 1.82) is 0 Å². The minimum Gasteiger partial charge on any atom is -0.481 e. The van der Waals surface area contributed by atoms with E-state index in [4.69, 9.17) is 15.3 Å². The summed E-state index contributed by atoms with van der Waals surface area (Å²) in [6.45, 7) is 0. The van der Waals surface area contributed by atoms with Crippen LogP contribution in [0.25, 0.3) is 0 Å². The summed E-state index contributed by atoms with van der Waals surface area (Å²) in [6.07, 6.45) is -2.41. The van der Waals surface area contributed by atoms with Gasteiger partial charge in [0.25, 0.3) is 0 Å². The van der Waals surface area contributed by atoms with E-state index in [9.17, 15) is 19.7 Å². The maximum absolute atomic E-state index is 10.1. The molecule has 1 aromatic rings. The Hall–Kier alpha value is -2.48. The first-order chi connectivity index (χ1) is 8.34. The minimum absolute atomic E-state index is 0.303. The first-order valence-electron chi connectivity index (χ1n) is 4.64. The second kappa shape index (κ2) is 7.74. The molecule has 0 saturated carbocycles. The average Bonchev–Trinajstić information content (AvgIpc) is 2.28. The van der Waals surface area contributed by atoms with Crippen LogP contribution in [0.3, 0.4) is 0 Å². The molecule has 0 saturated heterocycles. The fraction of sp³-hybridized carbons (Fsp3) is 0.200. The van der Waals surface area contributed by atoms with Gasteiger partial charge in [0.15, 0.2) is 0 Å². The Bertz CT molecular complexity index is 405. The molecule has 0 bridgehead atoms. The average molecular weight is 257 g/mol. The standard InChI is InChI=1S/C7H7NO3.C3H4O4/c9-7(8(10)11)6-4-2-1-3-5-6;4-2(5)1-3(6)7/h1-5,7,9H;1H2,(H,4,5)(H,6,7). The summed E-state index contributed by atoms with van der Waals surface area (Å²) in [5.41, 5.74) is 0.303. The molecule has 0 aliphatic carbocycles. The summed E-state index contributed by atoms with van der Waals surface area (Å²) < 4.78 is 0. The van der Waals surface area contributed by atoms with Crippen molar-refractivity contribution in [1.82, 2.24) is 0 Å². The summed E-state index contributed by atoms with van der Waals surface area (Å²) in [4.78, 5) is 28.2. The zero-order valence-corrected chi connectivity index (χ0v) is 9.09. The molecular weight excluding hydrogens is 246 g/mol. The largest absolute Gasteiger partial charge is 0.481 e. The third kappa shape index (κ3) is 6.90. The Morgan fingerprint density at radius 1 is 1.17 bits per heavy atom. The number of aliphatic hydroxyl groups excluding tert-OH is 1. The molecule has 98 valence electrons. The number of rotatable bonds is 4. The van der Waals surface area contributed by atoms with Gasteiger partial charge in [0.2, 0.25) is 0 Å². The Morgan fingerprint density at radius 3 is 1.89 bits per heavy atom. The maximum atomic E-state index is 10.1. The van der Waals surface area contributed by atoms with Gasteiger partial charge in [0.1, 0.15) is 6.42 Å². The van der Waals surface area contributed by atoms with Gasteiger partial charge in [-0.15, -0.1) is 0 Å². The number of carboxylic acids is 2. The Balaban J connectivity index is 0.000000360. The van der Waals surface area contributed by atoms with Crippen LogP contribution in [-0.4, -0.2) is 32.2 Å². The van der Waals surface area contributed by atoms with Crippen molar-refractivity contribution in [3.05, 3.63) is 46.0 Å². The molecule has 18 heavy (non-hydrogen) atoms. The van der Waals surface area contributed by atoms with Crippen molar-refractivity contribution in [3.63, 3.8) is 0 Å². The van der Waals surface area contributed by atoms with E-state index in [0.717, 1.165) is 0 Å². The van der Waals surface area contributed by atoms with E-state index < -0.39 is 29.5 Å². The van der Waals surface area contributed by atoms with Gasteiger partial charge in [0.05, 0.1) is 10.5 Å². The van der Waals surface area contributed by atoms with E-state index in [0.29, 0.717) is 5.56 Å². The first kappa shape index (κ1) is 15.5. The van der Waals surface area contributed by atoms with Crippen LogP contribution in [0.5, 0.6) is 0 Å². The minimum atomic E-state index is -1.60. The molecule has 8 heteroatoms. The molecule has 0 aliphatic heterocycles. The molecule has 1 aromatic carbocycles. The fourth-order valence-electron chi connectivity index (χ4n) is 0.876. The zero-order chi connectivity index (χ0) is 14.1. The van der Waals surface area contributed by atoms with Crippen LogP contribution in [-0.2, 0) is 9.59 Å². The number of hydrogen-bond donors (Lipinski definition) is 3. The van der Waals surface area contributed by atoms with Gasteiger partial charge >= 0.3 is 18.2 Å². The van der Waals surface area contributed by atoms with Crippen LogP contribution < -0.4 is 0 Å². The maximum Gasteiger partial charge on any atom is 0.339 e. The van der Waals surface area contributed by atoms with Gasteiger partial charge in [-0.05, 0) is 12.1 Å². The molecule has 1 rings (SSSR count). The monoisotopic (exact) mass is 257 g/mol. The number of carboxylic acid groups (broad SMARTS) is 2. The van der Waals surface area contributed by atoms with E-state index in [1.165, 1.54) is 12.1 Å². The van der Waals surface area contributed by atoms with E-state index in [-0.39, 0.29) is 0 Å². The Labute approximate surface area is 101 Å². The summed E-state index contributed by atoms with van der Waals surface area (Å²) in [6, 6.07) is 8.03. The highest BCUT2D eigenvalue weighted by Gasteiger charge is 2.16. The molecule has 0 aliphatic rings. The molecule has 0 amide bonds. The third-order valence-corrected chi connectivity index (χ3v) is 1.60. The topological polar surface area (TPSA) is 138 Å². The van der Waals surface area contributed by atoms with Crippen LogP contribution in [0.1, 0.15) is 18.2 Å². The number of benzene rings is 1. The molecule has 3 N–H and O–H groups in total. The molecule has 0 spiro atoms. The first-order valence-corrected chi connectivity index (χ1v) is 4.64. The van der Waals surface area contributed by atoms with E-state index in [1.54, 1.807) is 18.2 Å². The van der Waals surface area contributed by atoms with Crippen LogP contribution in [0, 0.1) is 10.1 Å². The molecule has 0 heterocycles.